The van der Waals surface area contributed by atoms with Gasteiger partial charge in [0, 0.05) is 18.3 Å². The molecule has 174 valence electrons. The van der Waals surface area contributed by atoms with Gasteiger partial charge in [-0.25, -0.2) is 19.1 Å². The summed E-state index contributed by atoms with van der Waals surface area (Å²) in [4.78, 5) is 42.6. The highest BCUT2D eigenvalue weighted by atomic mass is 35.5. The first kappa shape index (κ1) is 23.0. The van der Waals surface area contributed by atoms with Crippen molar-refractivity contribution in [3.63, 3.8) is 0 Å². The summed E-state index contributed by atoms with van der Waals surface area (Å²) in [5, 5.41) is 6.48. The molecule has 34 heavy (non-hydrogen) atoms. The Morgan fingerprint density at radius 1 is 1.09 bits per heavy atom. The second kappa shape index (κ2) is 10.2. The van der Waals surface area contributed by atoms with Gasteiger partial charge in [0.15, 0.2) is 0 Å². The number of rotatable bonds is 7. The summed E-state index contributed by atoms with van der Waals surface area (Å²) in [7, 11) is 1.40. The molecule has 1 aliphatic rings. The first-order chi connectivity index (χ1) is 16.4. The number of nitrogens with one attached hydrogen (secondary N) is 2. The molecule has 0 bridgehead atoms. The predicted octanol–water partition coefficient (Wildman–Crippen LogP) is 2.32. The molecule has 1 aliphatic heterocycles. The van der Waals surface area contributed by atoms with Crippen molar-refractivity contribution in [1.82, 2.24) is 19.4 Å². The lowest BCUT2D eigenvalue weighted by Gasteiger charge is -2.16. The molecule has 1 atom stereocenters. The number of aromatic nitrogens is 3. The van der Waals surface area contributed by atoms with E-state index in [0.717, 1.165) is 10.1 Å². The van der Waals surface area contributed by atoms with E-state index >= 15 is 0 Å². The van der Waals surface area contributed by atoms with Crippen LogP contribution in [-0.2, 0) is 13.6 Å². The number of benzene rings is 2. The van der Waals surface area contributed by atoms with Gasteiger partial charge in [-0.3, -0.25) is 9.55 Å². The predicted molar refractivity (Wildman–Crippen MR) is 128 cm³/mol. The second-order valence-corrected chi connectivity index (χ2v) is 7.94. The van der Waals surface area contributed by atoms with E-state index in [1.165, 1.54) is 11.6 Å². The van der Waals surface area contributed by atoms with Crippen LogP contribution in [0, 0.1) is 4.91 Å². The lowest BCUT2D eigenvalue weighted by Crippen LogP contribution is -2.48. The third kappa shape index (κ3) is 5.41. The number of hydrogen-bond donors (Lipinski definition) is 2. The standard InChI is InChI=1S/C23H21ClN6O4/c1-29-22(31)28-21(30(23(29)32)14-15-2-4-16(24)5-3-15)27-17-6-8-19(9-7-17)34-20-10-11-25-18(12-20)13-26-33/h2-12,18,25H,13-14H2,1H3,(H,27,28,31). The van der Waals surface area contributed by atoms with Gasteiger partial charge in [-0.2, -0.15) is 4.91 Å². The second-order valence-electron chi connectivity index (χ2n) is 7.50. The van der Waals surface area contributed by atoms with Crippen molar-refractivity contribution in [2.24, 2.45) is 17.2 Å². The van der Waals surface area contributed by atoms with Crippen LogP contribution in [0.4, 0.5) is 5.69 Å². The average Bonchev–Trinajstić information content (AvgIpc) is 2.83. The highest BCUT2D eigenvalue weighted by Gasteiger charge is 2.11. The van der Waals surface area contributed by atoms with Gasteiger partial charge in [0.1, 0.15) is 18.1 Å². The van der Waals surface area contributed by atoms with Gasteiger partial charge in [0.2, 0.25) is 5.62 Å². The number of ether oxygens (including phenoxy) is 1. The summed E-state index contributed by atoms with van der Waals surface area (Å²) in [5.74, 6) is 1.13. The number of allylic oxidation sites excluding steroid dienone is 1. The molecule has 2 N–H and O–H groups in total. The van der Waals surface area contributed by atoms with E-state index in [2.05, 4.69) is 20.5 Å². The maximum Gasteiger partial charge on any atom is 0.335 e. The zero-order valence-electron chi connectivity index (χ0n) is 18.1. The molecule has 0 fully saturated rings. The van der Waals surface area contributed by atoms with Crippen molar-refractivity contribution in [3.8, 4) is 5.75 Å². The number of nitroso groups, excluding NO2 is 1. The van der Waals surface area contributed by atoms with Crippen LogP contribution in [0.1, 0.15) is 5.56 Å². The maximum absolute atomic E-state index is 12.8. The fraction of sp³-hybridized carbons (Fsp3) is 0.174. The lowest BCUT2D eigenvalue weighted by molar-refractivity contribution is 0.433. The molecule has 2 aromatic carbocycles. The number of H-pyrrole nitrogens is 1. The van der Waals surface area contributed by atoms with Gasteiger partial charge in [-0.15, -0.1) is 0 Å². The third-order valence-electron chi connectivity index (χ3n) is 5.05. The molecule has 1 aromatic heterocycles. The van der Waals surface area contributed by atoms with Crippen molar-refractivity contribution in [2.75, 3.05) is 6.54 Å². The molecule has 0 aliphatic carbocycles. The fourth-order valence-electron chi connectivity index (χ4n) is 3.27. The molecule has 0 spiro atoms. The summed E-state index contributed by atoms with van der Waals surface area (Å²) in [6, 6.07) is 13.7. The Bertz CT molecular complexity index is 1430. The maximum atomic E-state index is 12.8. The number of dihydropyridines is 1. The third-order valence-corrected chi connectivity index (χ3v) is 5.30. The fourth-order valence-corrected chi connectivity index (χ4v) is 3.39. The molecule has 2 heterocycles. The van der Waals surface area contributed by atoms with Crippen LogP contribution < -0.4 is 27.1 Å². The molecule has 0 radical (unpaired) electrons. The Morgan fingerprint density at radius 3 is 2.53 bits per heavy atom. The number of halogens is 1. The van der Waals surface area contributed by atoms with Crippen LogP contribution in [0.2, 0.25) is 5.02 Å². The summed E-state index contributed by atoms with van der Waals surface area (Å²) < 4.78 is 8.19. The normalized spacial score (nSPS) is 15.5. The summed E-state index contributed by atoms with van der Waals surface area (Å²) in [6.45, 7) is 0.297. The van der Waals surface area contributed by atoms with Crippen LogP contribution in [0.15, 0.2) is 92.4 Å². The van der Waals surface area contributed by atoms with Crippen molar-refractivity contribution in [1.29, 1.82) is 0 Å². The van der Waals surface area contributed by atoms with E-state index in [1.54, 1.807) is 66.9 Å². The quantitative estimate of drug-likeness (QED) is 0.502. The van der Waals surface area contributed by atoms with Crippen molar-refractivity contribution < 1.29 is 4.74 Å². The number of nitrogens with zero attached hydrogens (tertiary/aromatic N) is 4. The lowest BCUT2D eigenvalue weighted by atomic mass is 10.2. The van der Waals surface area contributed by atoms with E-state index in [0.29, 0.717) is 22.2 Å². The highest BCUT2D eigenvalue weighted by Crippen LogP contribution is 2.20. The van der Waals surface area contributed by atoms with Crippen molar-refractivity contribution in [3.05, 3.63) is 115 Å². The molecule has 0 saturated heterocycles. The van der Waals surface area contributed by atoms with E-state index < -0.39 is 11.4 Å². The molecule has 10 nitrogen and oxygen atoms in total. The van der Waals surface area contributed by atoms with Crippen LogP contribution in [0.3, 0.4) is 0 Å². The Morgan fingerprint density at radius 2 is 1.82 bits per heavy atom. The molecule has 11 heteroatoms. The minimum absolute atomic E-state index is 0.0970. The van der Waals surface area contributed by atoms with Crippen molar-refractivity contribution >= 4 is 17.3 Å². The van der Waals surface area contributed by atoms with Gasteiger partial charge < -0.3 is 10.1 Å². The average molecular weight is 481 g/mol. The van der Waals surface area contributed by atoms with E-state index in [4.69, 9.17) is 16.3 Å². The van der Waals surface area contributed by atoms with Gasteiger partial charge in [-0.1, -0.05) is 28.9 Å². The molecule has 0 saturated carbocycles. The smallest absolute Gasteiger partial charge is 0.335 e. The van der Waals surface area contributed by atoms with Crippen molar-refractivity contribution in [2.45, 2.75) is 12.6 Å². The van der Waals surface area contributed by atoms with Gasteiger partial charge in [0.25, 0.3) is 0 Å². The summed E-state index contributed by atoms with van der Waals surface area (Å²) in [5.41, 5.74) is 0.385. The van der Waals surface area contributed by atoms with Crippen LogP contribution in [0.5, 0.6) is 5.75 Å². The largest absolute Gasteiger partial charge is 0.458 e. The molecule has 3 aromatic rings. The number of hydrogen-bond acceptors (Lipinski definition) is 7. The summed E-state index contributed by atoms with van der Waals surface area (Å²) >= 11 is 5.95. The summed E-state index contributed by atoms with van der Waals surface area (Å²) in [6.07, 6.45) is 5.20. The SMILES string of the molecule is Cn1c(=O)[nH]/c(=N\c2ccc(OC3=CC(CN=O)NC=C3)cc2)n(Cc2ccc(Cl)cc2)c1=O. The van der Waals surface area contributed by atoms with E-state index in [-0.39, 0.29) is 24.7 Å². The van der Waals surface area contributed by atoms with E-state index in [9.17, 15) is 14.5 Å². The van der Waals surface area contributed by atoms with Gasteiger partial charge >= 0.3 is 11.4 Å². The molecule has 1 unspecified atom stereocenters. The minimum Gasteiger partial charge on any atom is -0.458 e. The monoisotopic (exact) mass is 480 g/mol. The zero-order chi connectivity index (χ0) is 24.1. The van der Waals surface area contributed by atoms with Crippen LogP contribution in [0.25, 0.3) is 0 Å². The molecular weight excluding hydrogens is 460 g/mol. The Kier molecular flexibility index (Phi) is 6.88. The topological polar surface area (TPSA) is 123 Å². The Hall–Kier alpha value is -4.18. The van der Waals surface area contributed by atoms with Gasteiger partial charge in [0.05, 0.1) is 18.3 Å². The molecular formula is C23H21ClN6O4. The first-order valence-corrected chi connectivity index (χ1v) is 10.7. The minimum atomic E-state index is -0.569. The Balaban J connectivity index is 1.63. The molecule has 0 amide bonds. The first-order valence-electron chi connectivity index (χ1n) is 10.3. The number of aromatic amines is 1. The van der Waals surface area contributed by atoms with Crippen LogP contribution in [-0.4, -0.2) is 26.7 Å². The van der Waals surface area contributed by atoms with Crippen LogP contribution >= 0.6 is 11.6 Å². The van der Waals surface area contributed by atoms with E-state index in [1.807, 2.05) is 0 Å². The highest BCUT2D eigenvalue weighted by molar-refractivity contribution is 6.30. The Labute approximate surface area is 198 Å². The van der Waals surface area contributed by atoms with Gasteiger partial charge in [-0.05, 0) is 54.1 Å². The zero-order valence-corrected chi connectivity index (χ0v) is 18.9. The molecule has 4 rings (SSSR count).